The Labute approximate surface area is 359 Å². The molecule has 0 radical (unpaired) electrons. The Morgan fingerprint density at radius 1 is 0.677 bits per heavy atom. The Morgan fingerprint density at radius 2 is 1.19 bits per heavy atom. The number of amides is 9. The summed E-state index contributed by atoms with van der Waals surface area (Å²) in [6.45, 7) is 8.57. The Morgan fingerprint density at radius 3 is 1.65 bits per heavy atom. The van der Waals surface area contributed by atoms with Crippen molar-refractivity contribution >= 4 is 65.1 Å². The molecule has 0 spiro atoms. The minimum Gasteiger partial charge on any atom is -0.481 e. The third-order valence-electron chi connectivity index (χ3n) is 10.3. The highest BCUT2D eigenvalue weighted by Gasteiger charge is 2.42. The number of primary amides is 2. The topological polar surface area (TPSA) is 393 Å². The number of nitrogens with zero attached hydrogens (tertiary/aromatic N) is 2. The van der Waals surface area contributed by atoms with E-state index in [0.717, 1.165) is 6.92 Å². The summed E-state index contributed by atoms with van der Waals surface area (Å²) in [6.07, 6.45) is 0.695. The van der Waals surface area contributed by atoms with Crippen LogP contribution >= 0.6 is 0 Å². The summed E-state index contributed by atoms with van der Waals surface area (Å²) >= 11 is 0. The molecule has 2 heterocycles. The van der Waals surface area contributed by atoms with E-state index < -0.39 is 138 Å². The van der Waals surface area contributed by atoms with E-state index in [0.29, 0.717) is 19.3 Å². The first-order valence-corrected chi connectivity index (χ1v) is 20.4. The SMILES string of the molecule is CC(=O)O.CCC(C)C(NC(=O)C(CO)NC(=O)C(NC(=O)C1CCCN1C(=O)C(C)NC(=O)C(N)CC(N)=O)C(C)C)C(=O)N1CCCC1C(=O)NC(CCC(N)=O)C(=O)O. The molecule has 9 unspecified atom stereocenters. The number of carbonyl (C=O) groups is 11. The number of nitrogens with one attached hydrogen (secondary N) is 5. The van der Waals surface area contributed by atoms with Crippen LogP contribution in [0.15, 0.2) is 0 Å². The smallest absolute Gasteiger partial charge is 0.326 e. The van der Waals surface area contributed by atoms with Crippen LogP contribution < -0.4 is 43.8 Å². The van der Waals surface area contributed by atoms with Crippen LogP contribution in [0, 0.1) is 11.8 Å². The maximum absolute atomic E-state index is 13.9. The zero-order chi connectivity index (χ0) is 47.6. The van der Waals surface area contributed by atoms with Gasteiger partial charge < -0.3 is 68.9 Å². The molecular formula is C38H64N10O14. The minimum atomic E-state index is -1.58. The summed E-state index contributed by atoms with van der Waals surface area (Å²) in [4.78, 5) is 139. The highest BCUT2D eigenvalue weighted by atomic mass is 16.4. The van der Waals surface area contributed by atoms with Crippen molar-refractivity contribution in [3.8, 4) is 0 Å². The average molecular weight is 885 g/mol. The van der Waals surface area contributed by atoms with Crippen molar-refractivity contribution in [3.05, 3.63) is 0 Å². The average Bonchev–Trinajstić information content (AvgIpc) is 3.89. The number of hydrogen-bond acceptors (Lipinski definition) is 13. The van der Waals surface area contributed by atoms with Crippen molar-refractivity contribution in [1.29, 1.82) is 0 Å². The van der Waals surface area contributed by atoms with E-state index in [9.17, 15) is 58.2 Å². The van der Waals surface area contributed by atoms with Crippen molar-refractivity contribution in [3.63, 3.8) is 0 Å². The number of rotatable bonds is 22. The molecule has 62 heavy (non-hydrogen) atoms. The van der Waals surface area contributed by atoms with Crippen LogP contribution in [-0.2, 0) is 52.7 Å². The van der Waals surface area contributed by atoms with Crippen molar-refractivity contribution in [2.45, 2.75) is 141 Å². The molecule has 24 heteroatoms. The van der Waals surface area contributed by atoms with Crippen molar-refractivity contribution in [2.24, 2.45) is 29.0 Å². The summed E-state index contributed by atoms with van der Waals surface area (Å²) < 4.78 is 0. The molecule has 0 aromatic rings. The Hall–Kier alpha value is -5.91. The molecule has 24 nitrogen and oxygen atoms in total. The fraction of sp³-hybridized carbons (Fsp3) is 0.711. The van der Waals surface area contributed by atoms with Gasteiger partial charge in [-0.15, -0.1) is 0 Å². The number of nitrogens with two attached hydrogens (primary N) is 3. The fourth-order valence-electron chi connectivity index (χ4n) is 6.71. The number of likely N-dealkylation sites (tertiary alicyclic amines) is 2. The summed E-state index contributed by atoms with van der Waals surface area (Å²) in [5.74, 6) is -10.1. The van der Waals surface area contributed by atoms with E-state index in [2.05, 4.69) is 26.6 Å². The van der Waals surface area contributed by atoms with Crippen molar-refractivity contribution in [2.75, 3.05) is 19.7 Å². The van der Waals surface area contributed by atoms with E-state index in [4.69, 9.17) is 27.1 Å². The lowest BCUT2D eigenvalue weighted by Gasteiger charge is -2.33. The van der Waals surface area contributed by atoms with E-state index >= 15 is 0 Å². The normalized spacial score (nSPS) is 19.2. The molecule has 2 saturated heterocycles. The standard InChI is InChI=1S/C36H60N10O12.C2H4O2/c1-6-18(4)28(35(56)46-14-8-9-23(46)31(52)41-21(36(57)58)11-12-25(38)48)44-30(51)22(16-47)42-33(54)27(17(2)3)43-32(53)24-10-7-13-45(24)34(55)19(5)40-29(50)20(37)15-26(39)49;1-2(3)4/h17-24,27-28,47H,6-16,37H2,1-5H3,(H2,38,48)(H2,39,49)(H,40,50)(H,41,52)(H,42,54)(H,43,53)(H,44,51)(H,57,58);1H3,(H,3,4). The van der Waals surface area contributed by atoms with E-state index in [1.807, 2.05) is 0 Å². The summed E-state index contributed by atoms with van der Waals surface area (Å²) in [5, 5.41) is 39.6. The molecule has 2 fully saturated rings. The molecule has 0 aromatic carbocycles. The van der Waals surface area contributed by atoms with Gasteiger partial charge in [0.15, 0.2) is 0 Å². The molecule has 9 amide bonds. The predicted molar refractivity (Wildman–Crippen MR) is 217 cm³/mol. The lowest BCUT2D eigenvalue weighted by atomic mass is 9.96. The summed E-state index contributed by atoms with van der Waals surface area (Å²) in [7, 11) is 0. The molecule has 2 aliphatic heterocycles. The van der Waals surface area contributed by atoms with Gasteiger partial charge >= 0.3 is 5.97 Å². The van der Waals surface area contributed by atoms with Gasteiger partial charge in [-0.2, -0.15) is 0 Å². The van der Waals surface area contributed by atoms with Crippen molar-refractivity contribution in [1.82, 2.24) is 36.4 Å². The second kappa shape index (κ2) is 25.8. The quantitative estimate of drug-likeness (QED) is 0.0491. The van der Waals surface area contributed by atoms with Crippen LogP contribution in [0.25, 0.3) is 0 Å². The molecular weight excluding hydrogens is 820 g/mol. The number of aliphatic carboxylic acids is 2. The lowest BCUT2D eigenvalue weighted by Crippen LogP contribution is -2.62. The molecule has 9 atom stereocenters. The zero-order valence-electron chi connectivity index (χ0n) is 36.0. The highest BCUT2D eigenvalue weighted by Crippen LogP contribution is 2.23. The van der Waals surface area contributed by atoms with Gasteiger partial charge in [-0.1, -0.05) is 34.1 Å². The van der Waals surface area contributed by atoms with Gasteiger partial charge in [0.25, 0.3) is 5.97 Å². The summed E-state index contributed by atoms with van der Waals surface area (Å²) in [6, 6.07) is -9.96. The largest absolute Gasteiger partial charge is 0.481 e. The Balaban J connectivity index is 0.00000459. The minimum absolute atomic E-state index is 0.122. The molecule has 0 bridgehead atoms. The third kappa shape index (κ3) is 16.9. The van der Waals surface area contributed by atoms with Crippen LogP contribution in [0.2, 0.25) is 0 Å². The number of carboxylic acid groups (broad SMARTS) is 2. The van der Waals surface area contributed by atoms with Crippen LogP contribution in [0.5, 0.6) is 0 Å². The molecule has 350 valence electrons. The first-order valence-electron chi connectivity index (χ1n) is 20.4. The Bertz CT molecular complexity index is 1660. The molecule has 2 aliphatic rings. The van der Waals surface area contributed by atoms with Gasteiger partial charge in [-0.25, -0.2) is 4.79 Å². The lowest BCUT2D eigenvalue weighted by molar-refractivity contribution is -0.145. The van der Waals surface area contributed by atoms with E-state index in [-0.39, 0.29) is 38.8 Å². The van der Waals surface area contributed by atoms with Crippen LogP contribution in [0.4, 0.5) is 0 Å². The first-order chi connectivity index (χ1) is 28.9. The van der Waals surface area contributed by atoms with E-state index in [1.165, 1.54) is 16.7 Å². The summed E-state index contributed by atoms with van der Waals surface area (Å²) in [5.41, 5.74) is 15.9. The highest BCUT2D eigenvalue weighted by molar-refractivity contribution is 5.98. The maximum atomic E-state index is 13.9. The number of aliphatic hydroxyl groups is 1. The third-order valence-corrected chi connectivity index (χ3v) is 10.3. The second-order valence-electron chi connectivity index (χ2n) is 15.7. The number of hydrogen-bond donors (Lipinski definition) is 11. The van der Waals surface area contributed by atoms with Gasteiger partial charge in [0.1, 0.15) is 42.3 Å². The van der Waals surface area contributed by atoms with Gasteiger partial charge in [0.05, 0.1) is 19.1 Å². The zero-order valence-corrected chi connectivity index (χ0v) is 36.0. The van der Waals surface area contributed by atoms with Gasteiger partial charge in [0, 0.05) is 26.4 Å². The molecule has 0 aromatic heterocycles. The Kier molecular flexibility index (Phi) is 22.5. The molecule has 14 N–H and O–H groups in total. The van der Waals surface area contributed by atoms with E-state index in [1.54, 1.807) is 27.7 Å². The predicted octanol–water partition coefficient (Wildman–Crippen LogP) is -4.25. The van der Waals surface area contributed by atoms with Gasteiger partial charge in [0.2, 0.25) is 53.2 Å². The van der Waals surface area contributed by atoms with Gasteiger partial charge in [-0.05, 0) is 50.9 Å². The number of carboxylic acids is 2. The maximum Gasteiger partial charge on any atom is 0.326 e. The van der Waals surface area contributed by atoms with Gasteiger partial charge in [-0.3, -0.25) is 47.9 Å². The number of carbonyl (C=O) groups excluding carboxylic acids is 9. The molecule has 0 saturated carbocycles. The van der Waals surface area contributed by atoms with Crippen molar-refractivity contribution < 1.29 is 68.1 Å². The first kappa shape index (κ1) is 54.1. The van der Waals surface area contributed by atoms with Crippen LogP contribution in [-0.4, -0.2) is 158 Å². The van der Waals surface area contributed by atoms with Crippen LogP contribution in [0.1, 0.15) is 92.9 Å². The molecule has 0 aliphatic carbocycles. The monoisotopic (exact) mass is 884 g/mol. The molecule has 2 rings (SSSR count). The van der Waals surface area contributed by atoms with Crippen LogP contribution in [0.3, 0.4) is 0 Å². The number of aliphatic hydroxyl groups excluding tert-OH is 1. The second-order valence-corrected chi connectivity index (χ2v) is 15.7. The fourth-order valence-corrected chi connectivity index (χ4v) is 6.71.